The highest BCUT2D eigenvalue weighted by Crippen LogP contribution is 2.25. The Morgan fingerprint density at radius 2 is 2.25 bits per heavy atom. The quantitative estimate of drug-likeness (QED) is 0.776. The molecule has 2 N–H and O–H groups in total. The third-order valence-electron chi connectivity index (χ3n) is 2.83. The molecule has 2 rings (SSSR count). The molecule has 0 atom stereocenters. The minimum Gasteiger partial charge on any atom is -0.489 e. The van der Waals surface area contributed by atoms with Gasteiger partial charge in [0.15, 0.2) is 11.6 Å². The number of hydrogen-bond donors (Lipinski definition) is 1. The van der Waals surface area contributed by atoms with Crippen LogP contribution in [0.3, 0.4) is 0 Å². The Morgan fingerprint density at radius 1 is 1.50 bits per heavy atom. The van der Waals surface area contributed by atoms with Gasteiger partial charge in [0.1, 0.15) is 6.61 Å². The van der Waals surface area contributed by atoms with Crippen LogP contribution in [0.2, 0.25) is 0 Å². The summed E-state index contributed by atoms with van der Waals surface area (Å²) in [6, 6.07) is 5.20. The van der Waals surface area contributed by atoms with Crippen molar-refractivity contribution in [3.05, 3.63) is 24.0 Å². The van der Waals surface area contributed by atoms with Crippen molar-refractivity contribution in [2.24, 2.45) is 0 Å². The van der Waals surface area contributed by atoms with Crippen LogP contribution in [0.15, 0.2) is 18.2 Å². The molecule has 0 radical (unpaired) electrons. The molecule has 0 unspecified atom stereocenters. The number of nitrogen functional groups attached to an aromatic ring is 1. The molecule has 88 valence electrons. The Kier molecular flexibility index (Phi) is 3.29. The van der Waals surface area contributed by atoms with Crippen LogP contribution in [0.1, 0.15) is 12.8 Å². The summed E-state index contributed by atoms with van der Waals surface area (Å²) >= 11 is 0. The third-order valence-corrected chi connectivity index (χ3v) is 2.83. The van der Waals surface area contributed by atoms with Gasteiger partial charge in [-0.3, -0.25) is 0 Å². The topological polar surface area (TPSA) is 38.5 Å². The molecule has 4 heteroatoms. The Balaban J connectivity index is 1.80. The number of anilines is 1. The van der Waals surface area contributed by atoms with Crippen molar-refractivity contribution in [3.63, 3.8) is 0 Å². The van der Waals surface area contributed by atoms with Gasteiger partial charge in [-0.2, -0.15) is 0 Å². The number of nitrogens with zero attached hydrogens (tertiary/aromatic N) is 1. The van der Waals surface area contributed by atoms with E-state index in [1.165, 1.54) is 18.9 Å². The van der Waals surface area contributed by atoms with Crippen LogP contribution in [-0.2, 0) is 0 Å². The van der Waals surface area contributed by atoms with Gasteiger partial charge in [-0.15, -0.1) is 0 Å². The maximum absolute atomic E-state index is 13.3. The summed E-state index contributed by atoms with van der Waals surface area (Å²) in [6.07, 6.45) is 2.54. The van der Waals surface area contributed by atoms with Gasteiger partial charge >= 0.3 is 0 Å². The van der Waals surface area contributed by atoms with Gasteiger partial charge in [0.2, 0.25) is 0 Å². The highest BCUT2D eigenvalue weighted by Gasteiger charge is 2.25. The van der Waals surface area contributed by atoms with Crippen molar-refractivity contribution >= 4 is 5.69 Å². The van der Waals surface area contributed by atoms with E-state index in [9.17, 15) is 4.39 Å². The van der Waals surface area contributed by atoms with E-state index in [1.54, 1.807) is 12.1 Å². The summed E-state index contributed by atoms with van der Waals surface area (Å²) in [5.41, 5.74) is 5.87. The van der Waals surface area contributed by atoms with Gasteiger partial charge in [-0.1, -0.05) is 0 Å². The minimum atomic E-state index is -0.394. The smallest absolute Gasteiger partial charge is 0.167 e. The van der Waals surface area contributed by atoms with Gasteiger partial charge in [0.05, 0.1) is 0 Å². The molecule has 0 spiro atoms. The lowest BCUT2D eigenvalue weighted by Crippen LogP contribution is -2.26. The summed E-state index contributed by atoms with van der Waals surface area (Å²) in [5, 5.41) is 0. The van der Waals surface area contributed by atoms with E-state index in [0.29, 0.717) is 18.3 Å². The molecule has 1 fully saturated rings. The predicted molar refractivity (Wildman–Crippen MR) is 62.0 cm³/mol. The first-order chi connectivity index (χ1) is 7.66. The molecule has 1 aromatic rings. The fourth-order valence-corrected chi connectivity index (χ4v) is 1.63. The van der Waals surface area contributed by atoms with E-state index < -0.39 is 5.82 Å². The third kappa shape index (κ3) is 2.85. The molecule has 0 aromatic heterocycles. The largest absolute Gasteiger partial charge is 0.489 e. The molecule has 1 aliphatic carbocycles. The standard InChI is InChI=1S/C12H17FN2O/c1-15(10-3-4-10)6-7-16-12-5-2-9(14)8-11(12)13/h2,5,8,10H,3-4,6-7,14H2,1H3. The lowest BCUT2D eigenvalue weighted by molar-refractivity contribution is 0.226. The summed E-state index contributed by atoms with van der Waals surface area (Å²) in [6.45, 7) is 1.34. The maximum atomic E-state index is 13.3. The molecule has 0 aliphatic heterocycles. The zero-order chi connectivity index (χ0) is 11.5. The molecule has 3 nitrogen and oxygen atoms in total. The SMILES string of the molecule is CN(CCOc1ccc(N)cc1F)C1CC1. The number of benzene rings is 1. The summed E-state index contributed by atoms with van der Waals surface area (Å²) in [4.78, 5) is 2.25. The number of hydrogen-bond acceptors (Lipinski definition) is 3. The van der Waals surface area contributed by atoms with E-state index in [2.05, 4.69) is 11.9 Å². The van der Waals surface area contributed by atoms with Gasteiger partial charge < -0.3 is 15.4 Å². The first-order valence-electron chi connectivity index (χ1n) is 5.55. The average Bonchev–Trinajstić information content (AvgIpc) is 3.04. The summed E-state index contributed by atoms with van der Waals surface area (Å²) in [5.74, 6) is -0.118. The Morgan fingerprint density at radius 3 is 2.88 bits per heavy atom. The second-order valence-corrected chi connectivity index (χ2v) is 4.25. The molecule has 0 heterocycles. The first-order valence-corrected chi connectivity index (χ1v) is 5.55. The van der Waals surface area contributed by atoms with Crippen LogP contribution in [0.5, 0.6) is 5.75 Å². The van der Waals surface area contributed by atoms with E-state index in [1.807, 2.05) is 0 Å². The van der Waals surface area contributed by atoms with Crippen molar-refractivity contribution in [1.82, 2.24) is 4.90 Å². The predicted octanol–water partition coefficient (Wildman–Crippen LogP) is 1.88. The Hall–Kier alpha value is -1.29. The van der Waals surface area contributed by atoms with Crippen LogP contribution >= 0.6 is 0 Å². The monoisotopic (exact) mass is 224 g/mol. The zero-order valence-corrected chi connectivity index (χ0v) is 9.45. The van der Waals surface area contributed by atoms with Crippen LogP contribution in [0.25, 0.3) is 0 Å². The number of nitrogens with two attached hydrogens (primary N) is 1. The molecular weight excluding hydrogens is 207 g/mol. The number of likely N-dealkylation sites (N-methyl/N-ethyl adjacent to an activating group) is 1. The number of rotatable bonds is 5. The van der Waals surface area contributed by atoms with E-state index in [4.69, 9.17) is 10.5 Å². The summed E-state index contributed by atoms with van der Waals surface area (Å²) in [7, 11) is 2.07. The first kappa shape index (κ1) is 11.2. The minimum absolute atomic E-state index is 0.276. The molecule has 0 amide bonds. The van der Waals surface area contributed by atoms with Crippen molar-refractivity contribution in [2.75, 3.05) is 25.9 Å². The zero-order valence-electron chi connectivity index (χ0n) is 9.45. The highest BCUT2D eigenvalue weighted by atomic mass is 19.1. The normalized spacial score (nSPS) is 15.4. The van der Waals surface area contributed by atoms with Crippen LogP contribution in [0.4, 0.5) is 10.1 Å². The Bertz CT molecular complexity index is 366. The number of halogens is 1. The summed E-state index contributed by atoms with van der Waals surface area (Å²) < 4.78 is 18.7. The second kappa shape index (κ2) is 4.70. The molecule has 1 saturated carbocycles. The van der Waals surface area contributed by atoms with Gasteiger partial charge in [0, 0.05) is 24.3 Å². The molecule has 16 heavy (non-hydrogen) atoms. The fourth-order valence-electron chi connectivity index (χ4n) is 1.63. The van der Waals surface area contributed by atoms with Crippen LogP contribution in [-0.4, -0.2) is 31.1 Å². The van der Waals surface area contributed by atoms with Crippen molar-refractivity contribution in [2.45, 2.75) is 18.9 Å². The van der Waals surface area contributed by atoms with Crippen molar-refractivity contribution < 1.29 is 9.13 Å². The second-order valence-electron chi connectivity index (χ2n) is 4.25. The van der Waals surface area contributed by atoms with E-state index in [-0.39, 0.29) is 5.75 Å². The Labute approximate surface area is 95.0 Å². The van der Waals surface area contributed by atoms with Gasteiger partial charge in [-0.05, 0) is 32.0 Å². The maximum Gasteiger partial charge on any atom is 0.167 e. The molecule has 1 aromatic carbocycles. The fraction of sp³-hybridized carbons (Fsp3) is 0.500. The molecular formula is C12H17FN2O. The van der Waals surface area contributed by atoms with Crippen molar-refractivity contribution in [1.29, 1.82) is 0 Å². The number of ether oxygens (including phenoxy) is 1. The van der Waals surface area contributed by atoms with Gasteiger partial charge in [0.25, 0.3) is 0 Å². The van der Waals surface area contributed by atoms with Crippen LogP contribution in [0, 0.1) is 5.82 Å². The van der Waals surface area contributed by atoms with Crippen molar-refractivity contribution in [3.8, 4) is 5.75 Å². The average molecular weight is 224 g/mol. The lowest BCUT2D eigenvalue weighted by Gasteiger charge is -2.16. The van der Waals surface area contributed by atoms with Gasteiger partial charge in [-0.25, -0.2) is 4.39 Å². The molecule has 0 saturated heterocycles. The lowest BCUT2D eigenvalue weighted by atomic mass is 10.3. The van der Waals surface area contributed by atoms with E-state index >= 15 is 0 Å². The molecule has 0 bridgehead atoms. The van der Waals surface area contributed by atoms with E-state index in [0.717, 1.165) is 6.54 Å². The highest BCUT2D eigenvalue weighted by molar-refractivity contribution is 5.42. The molecule has 1 aliphatic rings. The van der Waals surface area contributed by atoms with Crippen LogP contribution < -0.4 is 10.5 Å².